The third kappa shape index (κ3) is 39.4. The summed E-state index contributed by atoms with van der Waals surface area (Å²) >= 11 is 0. The summed E-state index contributed by atoms with van der Waals surface area (Å²) < 4.78 is 34.3. The molecule has 448 valence electrons. The van der Waals surface area contributed by atoms with Crippen LogP contribution in [0.5, 0.6) is 11.5 Å². The zero-order valence-electron chi connectivity index (χ0n) is 50.7. The topological polar surface area (TPSA) is 124 Å². The van der Waals surface area contributed by atoms with Crippen LogP contribution in [0.2, 0.25) is 0 Å². The molecular formula is C69H112O10. The first kappa shape index (κ1) is 70.5. The molecule has 10 nitrogen and oxygen atoms in total. The molecule has 0 amide bonds. The Bertz CT molecular complexity index is 1640. The summed E-state index contributed by atoms with van der Waals surface area (Å²) in [4.78, 5) is 53.5. The number of carbonyl (C=O) groups excluding carboxylic acids is 4. The molecule has 0 saturated heterocycles. The van der Waals surface area contributed by atoms with E-state index in [1.54, 1.807) is 48.5 Å². The number of unbranched alkanes of at least 4 members (excludes halogenated alkanes) is 36. The summed E-state index contributed by atoms with van der Waals surface area (Å²) in [5.41, 5.74) is 1.01. The van der Waals surface area contributed by atoms with Gasteiger partial charge in [0.25, 0.3) is 0 Å². The number of esters is 4. The summed E-state index contributed by atoms with van der Waals surface area (Å²) in [6.07, 6.45) is 50.1. The minimum absolute atomic E-state index is 0.0893. The molecule has 0 bridgehead atoms. The van der Waals surface area contributed by atoms with Crippen LogP contribution < -0.4 is 9.47 Å². The van der Waals surface area contributed by atoms with Crippen molar-refractivity contribution in [1.82, 2.24) is 0 Å². The van der Waals surface area contributed by atoms with E-state index < -0.39 is 23.9 Å². The zero-order chi connectivity index (χ0) is 56.9. The van der Waals surface area contributed by atoms with Gasteiger partial charge in [-0.05, 0) is 73.2 Å². The molecule has 2 aromatic carbocycles. The molecule has 0 N–H and O–H groups in total. The predicted molar refractivity (Wildman–Crippen MR) is 326 cm³/mol. The molecule has 0 aliphatic carbocycles. The Balaban J connectivity index is 1.98. The van der Waals surface area contributed by atoms with Crippen molar-refractivity contribution in [3.8, 4) is 11.5 Å². The second-order valence-electron chi connectivity index (χ2n) is 21.9. The fourth-order valence-electron chi connectivity index (χ4n) is 9.55. The van der Waals surface area contributed by atoms with Gasteiger partial charge in [-0.25, -0.2) is 19.2 Å². The molecule has 79 heavy (non-hydrogen) atoms. The number of hydrogen-bond acceptors (Lipinski definition) is 10. The van der Waals surface area contributed by atoms with E-state index in [2.05, 4.69) is 27.7 Å². The Morgan fingerprint density at radius 3 is 0.671 bits per heavy atom. The molecular weight excluding hydrogens is 989 g/mol. The van der Waals surface area contributed by atoms with Gasteiger partial charge in [0.1, 0.15) is 22.6 Å². The van der Waals surface area contributed by atoms with Crippen molar-refractivity contribution >= 4 is 36.0 Å². The fraction of sp³-hybridized carbons (Fsp3) is 0.710. The Morgan fingerprint density at radius 1 is 0.278 bits per heavy atom. The quantitative estimate of drug-likeness (QED) is 0.0120. The van der Waals surface area contributed by atoms with Gasteiger partial charge >= 0.3 is 23.9 Å². The fourth-order valence-corrected chi connectivity index (χ4v) is 9.55. The molecule has 0 saturated carbocycles. The Kier molecular flexibility index (Phi) is 46.0. The third-order valence-corrected chi connectivity index (χ3v) is 14.6. The SMILES string of the molecule is CCCCCCCCCCCCOC(=O)C(=Cc1ccc(OCOc2ccc(C=C(C(=O)OCCCCCCCCCCCC)C(=O)OCCCCCCCCCCCC)cc2)cc1)C(=O)OCCCCCCCCCCCC. The molecule has 0 aliphatic heterocycles. The first-order valence-electron chi connectivity index (χ1n) is 32.4. The van der Waals surface area contributed by atoms with E-state index in [4.69, 9.17) is 28.4 Å². The normalized spacial score (nSPS) is 11.0. The summed E-state index contributed by atoms with van der Waals surface area (Å²) in [6.45, 7) is 9.89. The van der Waals surface area contributed by atoms with Crippen molar-refractivity contribution in [3.05, 3.63) is 70.8 Å². The van der Waals surface area contributed by atoms with Gasteiger partial charge in [0.15, 0.2) is 0 Å². The number of benzene rings is 2. The van der Waals surface area contributed by atoms with Crippen molar-refractivity contribution in [2.45, 2.75) is 285 Å². The van der Waals surface area contributed by atoms with Gasteiger partial charge in [-0.2, -0.15) is 0 Å². The molecule has 0 unspecified atom stereocenters. The second-order valence-corrected chi connectivity index (χ2v) is 21.9. The molecule has 0 atom stereocenters. The lowest BCUT2D eigenvalue weighted by atomic mass is 10.1. The third-order valence-electron chi connectivity index (χ3n) is 14.6. The van der Waals surface area contributed by atoms with E-state index >= 15 is 0 Å². The molecule has 10 heteroatoms. The lowest BCUT2D eigenvalue weighted by Gasteiger charge is -2.11. The zero-order valence-corrected chi connectivity index (χ0v) is 50.7. The number of hydrogen-bond donors (Lipinski definition) is 0. The van der Waals surface area contributed by atoms with Crippen LogP contribution in [-0.4, -0.2) is 57.1 Å². The summed E-state index contributed by atoms with van der Waals surface area (Å²) in [5.74, 6) is -1.63. The molecule has 0 aromatic heterocycles. The lowest BCUT2D eigenvalue weighted by Crippen LogP contribution is -2.19. The van der Waals surface area contributed by atoms with Crippen LogP contribution in [0.25, 0.3) is 12.2 Å². The van der Waals surface area contributed by atoms with Crippen molar-refractivity contribution in [3.63, 3.8) is 0 Å². The first-order chi connectivity index (χ1) is 38.8. The van der Waals surface area contributed by atoms with Gasteiger partial charge < -0.3 is 28.4 Å². The average Bonchev–Trinajstić information content (AvgIpc) is 3.47. The maximum absolute atomic E-state index is 13.4. The summed E-state index contributed by atoms with van der Waals surface area (Å²) in [5, 5.41) is 0. The predicted octanol–water partition coefficient (Wildman–Crippen LogP) is 19.7. The molecule has 0 aliphatic rings. The molecule has 2 aromatic rings. The molecule has 0 radical (unpaired) electrons. The van der Waals surface area contributed by atoms with Gasteiger partial charge in [-0.3, -0.25) is 0 Å². The van der Waals surface area contributed by atoms with E-state index in [-0.39, 0.29) is 44.4 Å². The largest absolute Gasteiger partial charge is 0.462 e. The Morgan fingerprint density at radius 2 is 0.468 bits per heavy atom. The van der Waals surface area contributed by atoms with Crippen LogP contribution in [0, 0.1) is 0 Å². The summed E-state index contributed by atoms with van der Waals surface area (Å²) in [7, 11) is 0. The van der Waals surface area contributed by atoms with Crippen molar-refractivity contribution < 1.29 is 47.6 Å². The van der Waals surface area contributed by atoms with E-state index in [1.807, 2.05) is 0 Å². The van der Waals surface area contributed by atoms with Gasteiger partial charge in [0.2, 0.25) is 6.79 Å². The van der Waals surface area contributed by atoms with E-state index in [0.717, 1.165) is 77.0 Å². The standard InChI is InChI=1S/C69H112O10/c1-5-9-13-17-21-25-29-33-37-41-53-74-66(70)64(67(71)75-54-42-38-34-30-26-22-18-14-10-6-2)57-60-45-49-62(50-46-60)78-59-79-63-51-47-61(48-52-63)58-65(68(72)76-55-43-39-35-31-27-23-19-15-11-7-3)69(73)77-56-44-40-36-32-28-24-20-16-12-8-4/h45-52,57-58H,5-44,53-56,59H2,1-4H3. The van der Waals surface area contributed by atoms with Crippen LogP contribution in [0.4, 0.5) is 0 Å². The number of ether oxygens (including phenoxy) is 6. The highest BCUT2D eigenvalue weighted by molar-refractivity contribution is 6.18. The Hall–Kier alpha value is -4.60. The van der Waals surface area contributed by atoms with Crippen molar-refractivity contribution in [2.75, 3.05) is 33.2 Å². The monoisotopic (exact) mass is 1100 g/mol. The van der Waals surface area contributed by atoms with Crippen LogP contribution in [0.3, 0.4) is 0 Å². The minimum Gasteiger partial charge on any atom is -0.462 e. The highest BCUT2D eigenvalue weighted by Crippen LogP contribution is 2.21. The molecule has 0 fully saturated rings. The van der Waals surface area contributed by atoms with Crippen LogP contribution in [-0.2, 0) is 38.1 Å². The summed E-state index contributed by atoms with van der Waals surface area (Å²) in [6, 6.07) is 14.1. The van der Waals surface area contributed by atoms with Crippen LogP contribution >= 0.6 is 0 Å². The molecule has 0 spiro atoms. The average molecular weight is 1100 g/mol. The minimum atomic E-state index is -0.672. The second kappa shape index (κ2) is 51.5. The van der Waals surface area contributed by atoms with E-state index in [0.29, 0.717) is 22.6 Å². The maximum atomic E-state index is 13.4. The van der Waals surface area contributed by atoms with Crippen molar-refractivity contribution in [2.24, 2.45) is 0 Å². The van der Waals surface area contributed by atoms with Crippen molar-refractivity contribution in [1.29, 1.82) is 0 Å². The smallest absolute Gasteiger partial charge is 0.345 e. The number of rotatable bonds is 54. The first-order valence-corrected chi connectivity index (χ1v) is 32.4. The van der Waals surface area contributed by atoms with Gasteiger partial charge in [-0.15, -0.1) is 0 Å². The lowest BCUT2D eigenvalue weighted by molar-refractivity contribution is -0.148. The van der Waals surface area contributed by atoms with Crippen LogP contribution in [0.15, 0.2) is 59.7 Å². The van der Waals surface area contributed by atoms with Gasteiger partial charge in [-0.1, -0.05) is 283 Å². The number of carbonyl (C=O) groups is 4. The highest BCUT2D eigenvalue weighted by Gasteiger charge is 2.23. The van der Waals surface area contributed by atoms with Crippen LogP contribution in [0.1, 0.15) is 296 Å². The van der Waals surface area contributed by atoms with E-state index in [1.165, 1.54) is 192 Å². The maximum Gasteiger partial charge on any atom is 0.345 e. The Labute approximate surface area is 481 Å². The highest BCUT2D eigenvalue weighted by atomic mass is 16.7. The molecule has 2 rings (SSSR count). The van der Waals surface area contributed by atoms with Gasteiger partial charge in [0.05, 0.1) is 26.4 Å². The van der Waals surface area contributed by atoms with E-state index in [9.17, 15) is 19.2 Å². The van der Waals surface area contributed by atoms with Gasteiger partial charge in [0, 0.05) is 0 Å². The molecule has 0 heterocycles.